The quantitative estimate of drug-likeness (QED) is 0.425. The predicted molar refractivity (Wildman–Crippen MR) is 52.3 cm³/mol. The third kappa shape index (κ3) is 2.07. The molecule has 76 valence electrons. The minimum atomic E-state index is -0.477. The van der Waals surface area contributed by atoms with Gasteiger partial charge in [-0.05, 0) is 11.0 Å². The Hall–Kier alpha value is -1.45. The van der Waals surface area contributed by atoms with Crippen molar-refractivity contribution in [3.63, 3.8) is 0 Å². The van der Waals surface area contributed by atoms with Gasteiger partial charge in [0.25, 0.3) is 0 Å². The highest BCUT2D eigenvalue weighted by atomic mass is 19.1. The molecule has 1 heterocycles. The minimum Gasteiger partial charge on any atom is -0.411 e. The summed E-state index contributed by atoms with van der Waals surface area (Å²) in [6.45, 7) is 5.83. The number of hydrogen-bond donors (Lipinski definition) is 1. The number of rotatable bonds is 1. The molecule has 0 fully saturated rings. The van der Waals surface area contributed by atoms with Gasteiger partial charge in [-0.15, -0.1) is 0 Å². The predicted octanol–water partition coefficient (Wildman–Crippen LogP) is 2.33. The van der Waals surface area contributed by atoms with E-state index >= 15 is 0 Å². The monoisotopic (exact) mass is 196 g/mol. The van der Waals surface area contributed by atoms with E-state index in [-0.39, 0.29) is 11.0 Å². The number of nitrogens with zero attached hydrogens (tertiary/aromatic N) is 2. The van der Waals surface area contributed by atoms with Crippen molar-refractivity contribution in [3.05, 3.63) is 29.3 Å². The van der Waals surface area contributed by atoms with E-state index in [4.69, 9.17) is 5.21 Å². The first-order chi connectivity index (χ1) is 6.46. The lowest BCUT2D eigenvalue weighted by molar-refractivity contribution is 0.321. The van der Waals surface area contributed by atoms with Crippen LogP contribution in [0, 0.1) is 5.82 Å². The number of halogens is 1. The Bertz CT molecular complexity index is 356. The molecule has 0 bridgehead atoms. The molecule has 0 spiro atoms. The smallest absolute Gasteiger partial charge is 0.150 e. The topological polar surface area (TPSA) is 45.5 Å². The molecule has 0 saturated heterocycles. The van der Waals surface area contributed by atoms with Crippen molar-refractivity contribution < 1.29 is 9.60 Å². The van der Waals surface area contributed by atoms with Gasteiger partial charge in [0.05, 0.1) is 12.4 Å². The van der Waals surface area contributed by atoms with Crippen LogP contribution in [-0.2, 0) is 5.41 Å². The van der Waals surface area contributed by atoms with Gasteiger partial charge in [0, 0.05) is 11.8 Å². The van der Waals surface area contributed by atoms with Gasteiger partial charge in [-0.1, -0.05) is 25.9 Å². The molecule has 0 amide bonds. The van der Waals surface area contributed by atoms with Crippen molar-refractivity contribution in [2.75, 3.05) is 0 Å². The van der Waals surface area contributed by atoms with Crippen LogP contribution in [0.25, 0.3) is 0 Å². The Kier molecular flexibility index (Phi) is 2.84. The van der Waals surface area contributed by atoms with Crippen LogP contribution in [0.4, 0.5) is 4.39 Å². The van der Waals surface area contributed by atoms with E-state index in [1.807, 2.05) is 20.8 Å². The maximum atomic E-state index is 13.3. The summed E-state index contributed by atoms with van der Waals surface area (Å²) in [4.78, 5) is 3.78. The maximum absolute atomic E-state index is 13.3. The first kappa shape index (κ1) is 10.6. The van der Waals surface area contributed by atoms with Crippen molar-refractivity contribution in [3.8, 4) is 0 Å². The summed E-state index contributed by atoms with van der Waals surface area (Å²) >= 11 is 0. The van der Waals surface area contributed by atoms with Crippen molar-refractivity contribution in [1.29, 1.82) is 0 Å². The Morgan fingerprint density at radius 3 is 2.57 bits per heavy atom. The van der Waals surface area contributed by atoms with E-state index in [9.17, 15) is 4.39 Å². The van der Waals surface area contributed by atoms with Crippen molar-refractivity contribution >= 4 is 6.21 Å². The van der Waals surface area contributed by atoms with E-state index in [2.05, 4.69) is 10.1 Å². The zero-order valence-electron chi connectivity index (χ0n) is 8.45. The van der Waals surface area contributed by atoms with Gasteiger partial charge in [0.15, 0.2) is 5.82 Å². The number of aromatic nitrogens is 1. The summed E-state index contributed by atoms with van der Waals surface area (Å²) in [5, 5.41) is 11.3. The van der Waals surface area contributed by atoms with Gasteiger partial charge >= 0.3 is 0 Å². The molecule has 0 aliphatic carbocycles. The zero-order valence-corrected chi connectivity index (χ0v) is 8.45. The fourth-order valence-electron chi connectivity index (χ4n) is 1.23. The van der Waals surface area contributed by atoms with Gasteiger partial charge in [-0.3, -0.25) is 4.98 Å². The van der Waals surface area contributed by atoms with Crippen molar-refractivity contribution in [2.45, 2.75) is 26.2 Å². The molecule has 0 unspecified atom stereocenters. The maximum Gasteiger partial charge on any atom is 0.150 e. The van der Waals surface area contributed by atoms with Crippen LogP contribution in [-0.4, -0.2) is 16.4 Å². The molecule has 0 aliphatic rings. The number of hydrogen-bond acceptors (Lipinski definition) is 3. The summed E-state index contributed by atoms with van der Waals surface area (Å²) in [6, 6.07) is 0. The lowest BCUT2D eigenvalue weighted by Gasteiger charge is -2.20. The molecule has 14 heavy (non-hydrogen) atoms. The van der Waals surface area contributed by atoms with E-state index in [1.54, 1.807) is 6.20 Å². The lowest BCUT2D eigenvalue weighted by atomic mass is 9.85. The SMILES string of the molecule is CC(C)(C)c1cncc(F)c1/C=N/O. The molecule has 0 aliphatic heterocycles. The van der Waals surface area contributed by atoms with E-state index in [0.29, 0.717) is 0 Å². The first-order valence-electron chi connectivity index (χ1n) is 4.28. The van der Waals surface area contributed by atoms with Gasteiger partial charge in [0.2, 0.25) is 0 Å². The van der Waals surface area contributed by atoms with Crippen molar-refractivity contribution in [2.24, 2.45) is 5.16 Å². The highest BCUT2D eigenvalue weighted by Gasteiger charge is 2.19. The number of pyridine rings is 1. The second-order valence-corrected chi connectivity index (χ2v) is 4.08. The molecule has 1 rings (SSSR count). The van der Waals surface area contributed by atoms with E-state index in [1.165, 1.54) is 0 Å². The highest BCUT2D eigenvalue weighted by molar-refractivity contribution is 5.81. The minimum absolute atomic E-state index is 0.231. The van der Waals surface area contributed by atoms with Gasteiger partial charge in [0.1, 0.15) is 0 Å². The van der Waals surface area contributed by atoms with Crippen LogP contribution in [0.15, 0.2) is 17.5 Å². The van der Waals surface area contributed by atoms with Gasteiger partial charge in [-0.2, -0.15) is 0 Å². The summed E-state index contributed by atoms with van der Waals surface area (Å²) in [6.07, 6.45) is 3.78. The fourth-order valence-corrected chi connectivity index (χ4v) is 1.23. The zero-order chi connectivity index (χ0) is 10.8. The molecule has 1 aromatic heterocycles. The Balaban J connectivity index is 3.36. The molecule has 3 nitrogen and oxygen atoms in total. The average molecular weight is 196 g/mol. The fraction of sp³-hybridized carbons (Fsp3) is 0.400. The summed E-state index contributed by atoms with van der Waals surface area (Å²) in [5.41, 5.74) is 0.774. The van der Waals surface area contributed by atoms with Crippen LogP contribution in [0.5, 0.6) is 0 Å². The molecular formula is C10H13FN2O. The molecule has 0 radical (unpaired) electrons. The lowest BCUT2D eigenvalue weighted by Crippen LogP contribution is -2.15. The van der Waals surface area contributed by atoms with Crippen LogP contribution in [0.2, 0.25) is 0 Å². The van der Waals surface area contributed by atoms with Crippen LogP contribution in [0.1, 0.15) is 31.9 Å². The average Bonchev–Trinajstić information content (AvgIpc) is 2.07. The summed E-state index contributed by atoms with van der Waals surface area (Å²) < 4.78 is 13.3. The Morgan fingerprint density at radius 2 is 2.07 bits per heavy atom. The second-order valence-electron chi connectivity index (χ2n) is 4.08. The van der Waals surface area contributed by atoms with Crippen LogP contribution >= 0.6 is 0 Å². The molecule has 4 heteroatoms. The normalized spacial score (nSPS) is 12.3. The summed E-state index contributed by atoms with van der Waals surface area (Å²) in [7, 11) is 0. The highest BCUT2D eigenvalue weighted by Crippen LogP contribution is 2.25. The molecule has 0 atom stereocenters. The molecular weight excluding hydrogens is 183 g/mol. The molecule has 1 N–H and O–H groups in total. The third-order valence-electron chi connectivity index (χ3n) is 1.93. The van der Waals surface area contributed by atoms with E-state index < -0.39 is 5.82 Å². The summed E-state index contributed by atoms with van der Waals surface area (Å²) in [5.74, 6) is -0.477. The molecule has 0 saturated carbocycles. The Morgan fingerprint density at radius 1 is 1.43 bits per heavy atom. The standard InChI is InChI=1S/C10H13FN2O/c1-10(2,3)8-5-12-6-9(11)7(8)4-13-14/h4-6,14H,1-3H3/b13-4+. The first-order valence-corrected chi connectivity index (χ1v) is 4.28. The van der Waals surface area contributed by atoms with E-state index in [0.717, 1.165) is 18.0 Å². The Labute approximate surface area is 82.3 Å². The molecule has 0 aromatic carbocycles. The third-order valence-corrected chi connectivity index (χ3v) is 1.93. The van der Waals surface area contributed by atoms with Gasteiger partial charge in [-0.25, -0.2) is 4.39 Å². The van der Waals surface area contributed by atoms with Crippen LogP contribution in [0.3, 0.4) is 0 Å². The van der Waals surface area contributed by atoms with Crippen molar-refractivity contribution in [1.82, 2.24) is 4.98 Å². The largest absolute Gasteiger partial charge is 0.411 e. The van der Waals surface area contributed by atoms with Crippen LogP contribution < -0.4 is 0 Å². The number of oxime groups is 1. The second kappa shape index (κ2) is 3.74. The van der Waals surface area contributed by atoms with Gasteiger partial charge < -0.3 is 5.21 Å². The molecule has 1 aromatic rings.